The summed E-state index contributed by atoms with van der Waals surface area (Å²) in [5.74, 6) is 0. The monoisotopic (exact) mass is 397 g/mol. The Morgan fingerprint density at radius 2 is 1.93 bits per heavy atom. The van der Waals surface area contributed by atoms with Crippen LogP contribution in [0.2, 0.25) is 0 Å². The number of ether oxygens (including phenoxy) is 2. The third-order valence-corrected chi connectivity index (χ3v) is 6.09. The number of hydrogen-bond donors (Lipinski definition) is 0. The molecule has 2 saturated heterocycles. The molecule has 3 rings (SSSR count). The molecule has 0 N–H and O–H groups in total. The van der Waals surface area contributed by atoms with Gasteiger partial charge in [0.2, 0.25) is 0 Å². The van der Waals surface area contributed by atoms with Crippen LogP contribution in [0.3, 0.4) is 0 Å². The van der Waals surface area contributed by atoms with Gasteiger partial charge >= 0.3 is 6.09 Å². The van der Waals surface area contributed by atoms with Crippen molar-refractivity contribution < 1.29 is 26.9 Å². The van der Waals surface area contributed by atoms with Crippen LogP contribution >= 0.6 is 0 Å². The van der Waals surface area contributed by atoms with Crippen LogP contribution in [-0.4, -0.2) is 56.4 Å². The second kappa shape index (κ2) is 7.07. The molecule has 1 aromatic rings. The maximum absolute atomic E-state index is 12.5. The number of nitrogens with zero attached hydrogens (tertiary/aromatic N) is 1. The lowest BCUT2D eigenvalue weighted by Gasteiger charge is -2.26. The second-order valence-electron chi connectivity index (χ2n) is 8.34. The van der Waals surface area contributed by atoms with E-state index in [4.69, 9.17) is 13.7 Å². The van der Waals surface area contributed by atoms with Crippen LogP contribution in [-0.2, 0) is 23.8 Å². The number of benzene rings is 1. The van der Waals surface area contributed by atoms with Gasteiger partial charge in [0.05, 0.1) is 23.6 Å². The Morgan fingerprint density at radius 3 is 2.56 bits per heavy atom. The number of carbonyl (C=O) groups is 1. The quantitative estimate of drug-likeness (QED) is 0.730. The van der Waals surface area contributed by atoms with Crippen molar-refractivity contribution in [3.63, 3.8) is 0 Å². The van der Waals surface area contributed by atoms with E-state index in [0.717, 1.165) is 5.56 Å². The topological polar surface area (TPSA) is 82.1 Å². The number of hydrogen-bond acceptors (Lipinski definition) is 6. The Morgan fingerprint density at radius 1 is 1.26 bits per heavy atom. The molecule has 2 aliphatic heterocycles. The highest BCUT2D eigenvalue weighted by atomic mass is 32.2. The molecule has 0 bridgehead atoms. The van der Waals surface area contributed by atoms with Crippen LogP contribution in [0, 0.1) is 6.92 Å². The zero-order valence-corrected chi connectivity index (χ0v) is 17.0. The van der Waals surface area contributed by atoms with Gasteiger partial charge in [0, 0.05) is 13.0 Å². The maximum Gasteiger partial charge on any atom is 0.410 e. The predicted octanol–water partition coefficient (Wildman–Crippen LogP) is 2.87. The largest absolute Gasteiger partial charge is 0.444 e. The molecule has 1 amide bonds. The van der Waals surface area contributed by atoms with Crippen LogP contribution in [0.1, 0.15) is 39.2 Å². The lowest BCUT2D eigenvalue weighted by molar-refractivity contribution is -0.000687. The average molecular weight is 397 g/mol. The summed E-state index contributed by atoms with van der Waals surface area (Å²) in [4.78, 5) is 14.0. The smallest absolute Gasteiger partial charge is 0.410 e. The predicted molar refractivity (Wildman–Crippen MR) is 99.0 cm³/mol. The molecule has 7 nitrogen and oxygen atoms in total. The molecule has 2 aliphatic rings. The maximum atomic E-state index is 12.5. The highest BCUT2D eigenvalue weighted by molar-refractivity contribution is 7.86. The Balaban J connectivity index is 1.60. The van der Waals surface area contributed by atoms with E-state index in [9.17, 15) is 13.2 Å². The first kappa shape index (κ1) is 20.1. The van der Waals surface area contributed by atoms with Gasteiger partial charge in [-0.1, -0.05) is 17.7 Å². The molecule has 1 spiro atoms. The molecule has 2 atom stereocenters. The molecular formula is C19H27NO6S. The molecule has 1 aromatic carbocycles. The van der Waals surface area contributed by atoms with E-state index in [1.807, 2.05) is 27.7 Å². The Bertz CT molecular complexity index is 798. The summed E-state index contributed by atoms with van der Waals surface area (Å²) >= 11 is 0. The zero-order chi connectivity index (χ0) is 19.9. The summed E-state index contributed by atoms with van der Waals surface area (Å²) in [5.41, 5.74) is -0.146. The van der Waals surface area contributed by atoms with Gasteiger partial charge in [-0.15, -0.1) is 0 Å². The SMILES string of the molecule is Cc1ccc(S(=O)(=O)O[C@@H]2CO[C@@]3(CCN(C(=O)OC(C)(C)C)C3)C2)cc1. The molecule has 0 aromatic heterocycles. The molecule has 2 fully saturated rings. The van der Waals surface area contributed by atoms with Crippen molar-refractivity contribution in [2.24, 2.45) is 0 Å². The fraction of sp³-hybridized carbons (Fsp3) is 0.632. The molecule has 0 aliphatic carbocycles. The summed E-state index contributed by atoms with van der Waals surface area (Å²) in [6.07, 6.45) is 0.128. The lowest BCUT2D eigenvalue weighted by Crippen LogP contribution is -2.39. The third kappa shape index (κ3) is 4.80. The van der Waals surface area contributed by atoms with Crippen LogP contribution in [0.5, 0.6) is 0 Å². The number of likely N-dealkylation sites (tertiary alicyclic amines) is 1. The van der Waals surface area contributed by atoms with Gasteiger partial charge in [-0.25, -0.2) is 4.79 Å². The highest BCUT2D eigenvalue weighted by Crippen LogP contribution is 2.37. The number of aryl methyl sites for hydroxylation is 1. The zero-order valence-electron chi connectivity index (χ0n) is 16.2. The van der Waals surface area contributed by atoms with Gasteiger partial charge in [-0.3, -0.25) is 4.18 Å². The molecule has 0 radical (unpaired) electrons. The minimum absolute atomic E-state index is 0.135. The van der Waals surface area contributed by atoms with E-state index in [1.54, 1.807) is 17.0 Å². The molecule has 0 unspecified atom stereocenters. The van der Waals surface area contributed by atoms with E-state index in [1.165, 1.54) is 12.1 Å². The minimum Gasteiger partial charge on any atom is -0.444 e. The second-order valence-corrected chi connectivity index (χ2v) is 9.91. The summed E-state index contributed by atoms with van der Waals surface area (Å²) in [7, 11) is -3.85. The van der Waals surface area contributed by atoms with Crippen molar-refractivity contribution in [2.75, 3.05) is 19.7 Å². The average Bonchev–Trinajstić information content (AvgIpc) is 3.13. The lowest BCUT2D eigenvalue weighted by atomic mass is 9.98. The summed E-state index contributed by atoms with van der Waals surface area (Å²) in [5, 5.41) is 0. The van der Waals surface area contributed by atoms with Crippen LogP contribution in [0.25, 0.3) is 0 Å². The van der Waals surface area contributed by atoms with Gasteiger partial charge in [0.25, 0.3) is 10.1 Å². The minimum atomic E-state index is -3.85. The van der Waals surface area contributed by atoms with Crippen molar-refractivity contribution in [1.82, 2.24) is 4.90 Å². The van der Waals surface area contributed by atoms with Gasteiger partial charge < -0.3 is 14.4 Å². The Labute approximate surface area is 160 Å². The molecule has 27 heavy (non-hydrogen) atoms. The summed E-state index contributed by atoms with van der Waals surface area (Å²) in [6, 6.07) is 6.54. The summed E-state index contributed by atoms with van der Waals surface area (Å²) in [6.45, 7) is 8.45. The van der Waals surface area contributed by atoms with Gasteiger partial charge in [0.15, 0.2) is 0 Å². The molecular weight excluding hydrogens is 370 g/mol. The van der Waals surface area contributed by atoms with Gasteiger partial charge in [-0.05, 0) is 46.2 Å². The van der Waals surface area contributed by atoms with Crippen LogP contribution in [0.4, 0.5) is 4.79 Å². The molecule has 8 heteroatoms. The Hall–Kier alpha value is -1.64. The van der Waals surface area contributed by atoms with Crippen molar-refractivity contribution in [2.45, 2.75) is 62.7 Å². The van der Waals surface area contributed by atoms with Crippen LogP contribution in [0.15, 0.2) is 29.2 Å². The number of amides is 1. The van der Waals surface area contributed by atoms with E-state index in [-0.39, 0.29) is 17.6 Å². The van der Waals surface area contributed by atoms with E-state index < -0.39 is 27.4 Å². The molecule has 2 heterocycles. The fourth-order valence-electron chi connectivity index (χ4n) is 3.42. The number of carbonyl (C=O) groups excluding carboxylic acids is 1. The molecule has 0 saturated carbocycles. The van der Waals surface area contributed by atoms with Crippen molar-refractivity contribution >= 4 is 16.2 Å². The van der Waals surface area contributed by atoms with Crippen LogP contribution < -0.4 is 0 Å². The summed E-state index contributed by atoms with van der Waals surface area (Å²) < 4.78 is 41.6. The Kier molecular flexibility index (Phi) is 5.26. The third-order valence-electron chi connectivity index (χ3n) is 4.72. The fourth-order valence-corrected chi connectivity index (χ4v) is 4.48. The van der Waals surface area contributed by atoms with Gasteiger partial charge in [-0.2, -0.15) is 8.42 Å². The standard InChI is InChI=1S/C19H27NO6S/c1-14-5-7-16(8-6-14)27(22,23)26-15-11-19(24-12-15)9-10-20(13-19)17(21)25-18(2,3)4/h5-8,15H,9-13H2,1-4H3/t15-,19-/m0/s1. The number of rotatable bonds is 3. The van der Waals surface area contributed by atoms with E-state index in [2.05, 4.69) is 0 Å². The van der Waals surface area contributed by atoms with E-state index >= 15 is 0 Å². The normalized spacial score (nSPS) is 25.9. The molecule has 150 valence electrons. The van der Waals surface area contributed by atoms with E-state index in [0.29, 0.717) is 25.9 Å². The van der Waals surface area contributed by atoms with Crippen molar-refractivity contribution in [1.29, 1.82) is 0 Å². The first-order chi connectivity index (χ1) is 12.5. The highest BCUT2D eigenvalue weighted by Gasteiger charge is 2.49. The first-order valence-electron chi connectivity index (χ1n) is 9.10. The van der Waals surface area contributed by atoms with Gasteiger partial charge in [0.1, 0.15) is 11.7 Å². The van der Waals surface area contributed by atoms with Crippen molar-refractivity contribution in [3.05, 3.63) is 29.8 Å². The first-order valence-corrected chi connectivity index (χ1v) is 10.5. The van der Waals surface area contributed by atoms with Crippen molar-refractivity contribution in [3.8, 4) is 0 Å².